The topological polar surface area (TPSA) is 108 Å². The van der Waals surface area contributed by atoms with E-state index in [9.17, 15) is 14.4 Å². The Bertz CT molecular complexity index is 751. The molecule has 1 aromatic carbocycles. The van der Waals surface area contributed by atoms with Gasteiger partial charge in [0.2, 0.25) is 0 Å². The Hall–Kier alpha value is -3.16. The molecule has 1 heterocycles. The van der Waals surface area contributed by atoms with Crippen LogP contribution in [0, 0.1) is 6.92 Å². The number of amides is 1. The number of nitrogens with one attached hydrogen (secondary N) is 1. The van der Waals surface area contributed by atoms with Crippen LogP contribution in [0.1, 0.15) is 29.5 Å². The van der Waals surface area contributed by atoms with Crippen molar-refractivity contribution >= 4 is 23.5 Å². The normalized spacial score (nSPS) is 10.2. The number of ether oxygens (including phenoxy) is 2. The molecule has 0 aliphatic rings. The fourth-order valence-electron chi connectivity index (χ4n) is 1.88. The monoisotopic (exact) mass is 346 g/mol. The van der Waals surface area contributed by atoms with E-state index in [1.54, 1.807) is 38.1 Å². The number of rotatable bonds is 8. The molecule has 2 rings (SSSR count). The lowest BCUT2D eigenvalue weighted by Crippen LogP contribution is -2.23. The van der Waals surface area contributed by atoms with Gasteiger partial charge in [0.25, 0.3) is 5.91 Å². The van der Waals surface area contributed by atoms with Crippen molar-refractivity contribution in [1.29, 1.82) is 0 Å². The zero-order valence-corrected chi connectivity index (χ0v) is 13.9. The Labute approximate surface area is 144 Å². The smallest absolute Gasteiger partial charge is 0.344 e. The first-order valence-corrected chi connectivity index (χ1v) is 7.62. The molecule has 8 heteroatoms. The number of anilines is 1. The van der Waals surface area contributed by atoms with Crippen molar-refractivity contribution in [1.82, 2.24) is 5.16 Å². The van der Waals surface area contributed by atoms with E-state index in [1.807, 2.05) is 0 Å². The zero-order valence-electron chi connectivity index (χ0n) is 13.9. The van der Waals surface area contributed by atoms with Crippen LogP contribution < -0.4 is 10.1 Å². The van der Waals surface area contributed by atoms with E-state index in [0.29, 0.717) is 23.5 Å². The van der Waals surface area contributed by atoms with Crippen LogP contribution in [0.5, 0.6) is 5.75 Å². The Kier molecular flexibility index (Phi) is 6.27. The summed E-state index contributed by atoms with van der Waals surface area (Å²) in [5.74, 6) is 0.0135. The summed E-state index contributed by atoms with van der Waals surface area (Å²) in [5.41, 5.74) is 0.581. The lowest BCUT2D eigenvalue weighted by atomic mass is 10.1. The third-order valence-electron chi connectivity index (χ3n) is 3.11. The van der Waals surface area contributed by atoms with Gasteiger partial charge in [-0.1, -0.05) is 12.1 Å². The molecule has 1 aromatic heterocycles. The van der Waals surface area contributed by atoms with Crippen LogP contribution in [0.25, 0.3) is 0 Å². The fourth-order valence-corrected chi connectivity index (χ4v) is 1.88. The molecule has 0 saturated heterocycles. The van der Waals surface area contributed by atoms with Gasteiger partial charge in [-0.3, -0.25) is 9.59 Å². The molecular formula is C17H18N2O6. The second-order valence-corrected chi connectivity index (χ2v) is 5.12. The van der Waals surface area contributed by atoms with E-state index in [2.05, 4.69) is 10.5 Å². The van der Waals surface area contributed by atoms with Gasteiger partial charge in [0, 0.05) is 18.1 Å². The van der Waals surface area contributed by atoms with Crippen molar-refractivity contribution in [2.24, 2.45) is 0 Å². The van der Waals surface area contributed by atoms with Gasteiger partial charge in [-0.15, -0.1) is 0 Å². The maximum atomic E-state index is 11.6. The molecule has 2 aromatic rings. The predicted octanol–water partition coefficient (Wildman–Crippen LogP) is 2.14. The molecule has 0 fully saturated rings. The van der Waals surface area contributed by atoms with E-state index in [-0.39, 0.29) is 18.2 Å². The van der Waals surface area contributed by atoms with Crippen molar-refractivity contribution in [3.63, 3.8) is 0 Å². The number of esters is 1. The molecule has 0 radical (unpaired) electrons. The number of hydrogen-bond acceptors (Lipinski definition) is 7. The van der Waals surface area contributed by atoms with Gasteiger partial charge >= 0.3 is 5.97 Å². The number of aromatic nitrogens is 1. The Morgan fingerprint density at radius 3 is 2.48 bits per heavy atom. The summed E-state index contributed by atoms with van der Waals surface area (Å²) in [6, 6.07) is 7.97. The van der Waals surface area contributed by atoms with Crippen LogP contribution in [-0.2, 0) is 14.3 Å². The second-order valence-electron chi connectivity index (χ2n) is 5.12. The van der Waals surface area contributed by atoms with E-state index in [4.69, 9.17) is 14.0 Å². The number of benzene rings is 1. The highest BCUT2D eigenvalue weighted by molar-refractivity contribution is 5.96. The van der Waals surface area contributed by atoms with Gasteiger partial charge in [-0.05, 0) is 31.2 Å². The highest BCUT2D eigenvalue weighted by Crippen LogP contribution is 2.13. The lowest BCUT2D eigenvalue weighted by molar-refractivity contribution is -0.149. The zero-order chi connectivity index (χ0) is 18.2. The number of hydrogen-bond donors (Lipinski definition) is 1. The summed E-state index contributed by atoms with van der Waals surface area (Å²) < 4.78 is 14.8. The molecule has 1 amide bonds. The minimum atomic E-state index is -0.694. The van der Waals surface area contributed by atoms with Crippen LogP contribution in [0.3, 0.4) is 0 Å². The fraction of sp³-hybridized carbons (Fsp3) is 0.294. The summed E-state index contributed by atoms with van der Waals surface area (Å²) >= 11 is 0. The van der Waals surface area contributed by atoms with Crippen LogP contribution in [-0.4, -0.2) is 36.0 Å². The minimum Gasteiger partial charge on any atom is -0.482 e. The minimum absolute atomic E-state index is 0.0271. The quantitative estimate of drug-likeness (QED) is 0.576. The van der Waals surface area contributed by atoms with Gasteiger partial charge in [-0.25, -0.2) is 4.79 Å². The molecule has 132 valence electrons. The van der Waals surface area contributed by atoms with Gasteiger partial charge in [-0.2, -0.15) is 0 Å². The average molecular weight is 346 g/mol. The van der Waals surface area contributed by atoms with E-state index in [1.165, 1.54) is 6.07 Å². The first-order valence-electron chi connectivity index (χ1n) is 7.62. The Morgan fingerprint density at radius 2 is 1.88 bits per heavy atom. The van der Waals surface area contributed by atoms with Gasteiger partial charge in [0.05, 0.1) is 0 Å². The van der Waals surface area contributed by atoms with E-state index >= 15 is 0 Å². The molecule has 8 nitrogen and oxygen atoms in total. The SMILES string of the molecule is CCC(=O)c1ccc(OCC(=O)OCC(=O)Nc2cc(C)on2)cc1. The van der Waals surface area contributed by atoms with Gasteiger partial charge in [0.1, 0.15) is 11.5 Å². The third-order valence-corrected chi connectivity index (χ3v) is 3.11. The first kappa shape index (κ1) is 18.2. The summed E-state index contributed by atoms with van der Waals surface area (Å²) in [6.45, 7) is 2.66. The van der Waals surface area contributed by atoms with Crippen molar-refractivity contribution < 1.29 is 28.4 Å². The van der Waals surface area contributed by atoms with Gasteiger partial charge in [0.15, 0.2) is 24.8 Å². The molecule has 0 atom stereocenters. The number of carbonyl (C=O) groups is 3. The maximum Gasteiger partial charge on any atom is 0.344 e. The largest absolute Gasteiger partial charge is 0.482 e. The Morgan fingerprint density at radius 1 is 1.16 bits per heavy atom. The second kappa shape index (κ2) is 8.62. The van der Waals surface area contributed by atoms with Crippen molar-refractivity contribution in [3.8, 4) is 5.75 Å². The number of carbonyl (C=O) groups excluding carboxylic acids is 3. The van der Waals surface area contributed by atoms with Crippen molar-refractivity contribution in [2.45, 2.75) is 20.3 Å². The van der Waals surface area contributed by atoms with Crippen molar-refractivity contribution in [2.75, 3.05) is 18.5 Å². The van der Waals surface area contributed by atoms with E-state index < -0.39 is 18.5 Å². The molecule has 0 unspecified atom stereocenters. The molecule has 25 heavy (non-hydrogen) atoms. The van der Waals surface area contributed by atoms with Crippen LogP contribution in [0.2, 0.25) is 0 Å². The predicted molar refractivity (Wildman–Crippen MR) is 87.4 cm³/mol. The molecule has 0 bridgehead atoms. The molecule has 0 aliphatic heterocycles. The van der Waals surface area contributed by atoms with Crippen LogP contribution in [0.15, 0.2) is 34.9 Å². The number of aryl methyl sites for hydroxylation is 1. The lowest BCUT2D eigenvalue weighted by Gasteiger charge is -2.07. The summed E-state index contributed by atoms with van der Waals surface area (Å²) in [5, 5.41) is 6.01. The van der Waals surface area contributed by atoms with Crippen LogP contribution >= 0.6 is 0 Å². The molecule has 0 saturated carbocycles. The number of Topliss-reactive ketones (excluding diaryl/α,β-unsaturated/α-hetero) is 1. The highest BCUT2D eigenvalue weighted by atomic mass is 16.6. The Balaban J connectivity index is 1.71. The maximum absolute atomic E-state index is 11.6. The number of ketones is 1. The summed E-state index contributed by atoms with van der Waals surface area (Å²) in [6.07, 6.45) is 0.419. The molecule has 0 aliphatic carbocycles. The highest BCUT2D eigenvalue weighted by Gasteiger charge is 2.11. The van der Waals surface area contributed by atoms with Gasteiger partial charge < -0.3 is 19.3 Å². The van der Waals surface area contributed by atoms with Crippen molar-refractivity contribution in [3.05, 3.63) is 41.7 Å². The first-order chi connectivity index (χ1) is 12.0. The third kappa shape index (κ3) is 5.76. The molecule has 1 N–H and O–H groups in total. The summed E-state index contributed by atoms with van der Waals surface area (Å²) in [4.78, 5) is 34.7. The van der Waals surface area contributed by atoms with E-state index in [0.717, 1.165) is 0 Å². The molecule has 0 spiro atoms. The average Bonchev–Trinajstić information content (AvgIpc) is 3.02. The number of nitrogens with zero attached hydrogens (tertiary/aromatic N) is 1. The summed E-state index contributed by atoms with van der Waals surface area (Å²) in [7, 11) is 0. The standard InChI is InChI=1S/C17H18N2O6/c1-3-14(20)12-4-6-13(7-5-12)23-10-17(22)24-9-16(21)18-15-8-11(2)25-19-15/h4-8H,3,9-10H2,1-2H3,(H,18,19,21). The molecular weight excluding hydrogens is 328 g/mol. The van der Waals surface area contributed by atoms with Crippen LogP contribution in [0.4, 0.5) is 5.82 Å².